The molecule has 1 heterocycles. The Bertz CT molecular complexity index is 1580. The Morgan fingerprint density at radius 3 is 1.64 bits per heavy atom. The number of ether oxygens (including phenoxy) is 1. The van der Waals surface area contributed by atoms with Crippen LogP contribution in [0.2, 0.25) is 0 Å². The van der Waals surface area contributed by atoms with Crippen molar-refractivity contribution in [2.75, 3.05) is 13.1 Å². The van der Waals surface area contributed by atoms with Crippen LogP contribution >= 0.6 is 0 Å². The number of carbonyl (C=O) groups excluding carboxylic acids is 7. The number of hydrogen-bond acceptors (Lipinski definition) is 8. The van der Waals surface area contributed by atoms with Crippen molar-refractivity contribution in [1.82, 2.24) is 31.9 Å². The van der Waals surface area contributed by atoms with Crippen molar-refractivity contribution in [3.8, 4) is 0 Å². The lowest BCUT2D eigenvalue weighted by molar-refractivity contribution is -0.133. The summed E-state index contributed by atoms with van der Waals surface area (Å²) in [5.74, 6) is -3.12. The summed E-state index contributed by atoms with van der Waals surface area (Å²) in [7, 11) is 0. The zero-order valence-electron chi connectivity index (χ0n) is 32.1. The molecule has 2 aromatic carbocycles. The van der Waals surface area contributed by atoms with Gasteiger partial charge >= 0.3 is 6.09 Å². The molecular formula is C40H57N7O8. The highest BCUT2D eigenvalue weighted by atomic mass is 16.6. The molecule has 8 N–H and O–H groups in total. The summed E-state index contributed by atoms with van der Waals surface area (Å²) < 4.78 is 5.42. The van der Waals surface area contributed by atoms with Gasteiger partial charge in [0.25, 0.3) is 0 Å². The Balaban J connectivity index is 1.93. The summed E-state index contributed by atoms with van der Waals surface area (Å²) in [6.07, 6.45) is 2.24. The number of rotatable bonds is 6. The van der Waals surface area contributed by atoms with Crippen LogP contribution in [0.4, 0.5) is 4.79 Å². The minimum absolute atomic E-state index is 0.0593. The Labute approximate surface area is 323 Å². The van der Waals surface area contributed by atoms with Crippen molar-refractivity contribution in [2.45, 2.75) is 121 Å². The topological polar surface area (TPSA) is 227 Å². The van der Waals surface area contributed by atoms with Crippen LogP contribution in [0.5, 0.6) is 0 Å². The Morgan fingerprint density at radius 2 is 1.15 bits per heavy atom. The van der Waals surface area contributed by atoms with Gasteiger partial charge in [-0.3, -0.25) is 28.8 Å². The van der Waals surface area contributed by atoms with Crippen LogP contribution in [0.15, 0.2) is 60.7 Å². The molecule has 1 saturated heterocycles. The van der Waals surface area contributed by atoms with E-state index in [2.05, 4.69) is 31.9 Å². The number of hydrogen-bond donors (Lipinski definition) is 7. The van der Waals surface area contributed by atoms with Crippen LogP contribution in [0.1, 0.15) is 89.7 Å². The summed E-state index contributed by atoms with van der Waals surface area (Å²) in [6, 6.07) is 13.5. The van der Waals surface area contributed by atoms with Gasteiger partial charge in [-0.2, -0.15) is 0 Å². The summed E-state index contributed by atoms with van der Waals surface area (Å²) in [6.45, 7) is 5.74. The second-order valence-corrected chi connectivity index (χ2v) is 14.7. The molecule has 2 aromatic rings. The molecule has 0 aromatic heterocycles. The Kier molecular flexibility index (Phi) is 18.1. The van der Waals surface area contributed by atoms with Crippen molar-refractivity contribution < 1.29 is 38.3 Å². The van der Waals surface area contributed by atoms with Crippen molar-refractivity contribution in [2.24, 2.45) is 5.73 Å². The van der Waals surface area contributed by atoms with E-state index in [9.17, 15) is 33.6 Å². The molecule has 4 atom stereocenters. The van der Waals surface area contributed by atoms with Crippen molar-refractivity contribution >= 4 is 41.5 Å². The van der Waals surface area contributed by atoms with Crippen molar-refractivity contribution in [3.63, 3.8) is 0 Å². The van der Waals surface area contributed by atoms with Gasteiger partial charge in [0.1, 0.15) is 29.8 Å². The van der Waals surface area contributed by atoms with Gasteiger partial charge in [-0.15, -0.1) is 0 Å². The molecule has 15 nitrogen and oxygen atoms in total. The molecule has 1 aliphatic heterocycles. The average molecular weight is 764 g/mol. The van der Waals surface area contributed by atoms with Crippen molar-refractivity contribution in [3.05, 3.63) is 71.8 Å². The normalized spacial score (nSPS) is 22.2. The van der Waals surface area contributed by atoms with E-state index in [1.165, 1.54) is 0 Å². The van der Waals surface area contributed by atoms with Gasteiger partial charge in [-0.25, -0.2) is 4.79 Å². The molecule has 0 radical (unpaired) electrons. The summed E-state index contributed by atoms with van der Waals surface area (Å²) >= 11 is 0. The molecule has 3 rings (SSSR count). The number of amides is 7. The predicted molar refractivity (Wildman–Crippen MR) is 206 cm³/mol. The molecule has 1 fully saturated rings. The molecular weight excluding hydrogens is 706 g/mol. The second kappa shape index (κ2) is 22.7. The third-order valence-electron chi connectivity index (χ3n) is 8.79. The van der Waals surface area contributed by atoms with E-state index < -0.39 is 59.5 Å². The Hall–Kier alpha value is -5.47. The van der Waals surface area contributed by atoms with Crippen LogP contribution in [-0.2, 0) is 46.3 Å². The molecule has 7 amide bonds. The molecule has 1 aliphatic rings. The first kappa shape index (κ1) is 43.9. The summed E-state index contributed by atoms with van der Waals surface area (Å²) in [5.41, 5.74) is 6.30. The van der Waals surface area contributed by atoms with E-state index in [4.69, 9.17) is 10.5 Å². The smallest absolute Gasteiger partial charge is 0.408 e. The number of nitrogens with one attached hydrogen (secondary N) is 6. The van der Waals surface area contributed by atoms with Crippen LogP contribution in [0.25, 0.3) is 0 Å². The van der Waals surface area contributed by atoms with Crippen LogP contribution in [-0.4, -0.2) is 84.4 Å². The molecule has 0 saturated carbocycles. The molecule has 300 valence electrons. The Morgan fingerprint density at radius 1 is 0.673 bits per heavy atom. The highest BCUT2D eigenvalue weighted by Crippen LogP contribution is 2.12. The summed E-state index contributed by atoms with van der Waals surface area (Å²) in [5, 5.41) is 16.5. The third kappa shape index (κ3) is 17.5. The lowest BCUT2D eigenvalue weighted by Crippen LogP contribution is -2.59. The zero-order valence-corrected chi connectivity index (χ0v) is 32.1. The van der Waals surface area contributed by atoms with E-state index in [1.807, 2.05) is 12.1 Å². The van der Waals surface area contributed by atoms with Crippen LogP contribution in [0, 0.1) is 0 Å². The van der Waals surface area contributed by atoms with Gasteiger partial charge < -0.3 is 42.4 Å². The summed E-state index contributed by atoms with van der Waals surface area (Å²) in [4.78, 5) is 91.9. The largest absolute Gasteiger partial charge is 0.444 e. The third-order valence-corrected chi connectivity index (χ3v) is 8.79. The zero-order chi connectivity index (χ0) is 40.2. The first-order valence-corrected chi connectivity index (χ1v) is 19.0. The maximum Gasteiger partial charge on any atom is 0.408 e. The van der Waals surface area contributed by atoms with Gasteiger partial charge in [0, 0.05) is 38.8 Å². The first-order chi connectivity index (χ1) is 26.2. The molecule has 3 unspecified atom stereocenters. The quantitative estimate of drug-likeness (QED) is 0.230. The number of carbonyl (C=O) groups is 7. The number of alkyl carbamates (subject to hydrolysis) is 1. The molecule has 55 heavy (non-hydrogen) atoms. The standard InChI is InChI=1S/C40H57N7O8/c1-40(2,3)55-39(54)47-30-20-11-13-24-43-34(49)22-14-21-33(48)42-23-12-10-19-29(35(41)50)44-37(52)31(25-27-15-6-4-7-16-27)46-38(53)32(45-36(30)51)26-28-17-8-5-9-18-28/h4-9,15-18,29-32H,10-14,19-26H2,1-3H3,(H2,41,50)(H,42,48)(H,43,49)(H,44,52)(H,45,51)(H,46,53)(H,47,54)/t29?,30?,31-,32?/m0/s1. The van der Waals surface area contributed by atoms with E-state index in [0.29, 0.717) is 45.2 Å². The molecule has 0 spiro atoms. The highest BCUT2D eigenvalue weighted by molar-refractivity contribution is 5.95. The SMILES string of the molecule is CC(C)(C)OC(=O)NC1CCCCNC(=O)CCCC(=O)NCCCCC(C(N)=O)NC(=O)[C@H](Cc2ccccc2)NC(=O)C(Cc2ccccc2)NC1=O. The fourth-order valence-corrected chi connectivity index (χ4v) is 5.93. The number of benzene rings is 2. The fraction of sp³-hybridized carbons (Fsp3) is 0.525. The van der Waals surface area contributed by atoms with Crippen LogP contribution in [0.3, 0.4) is 0 Å². The maximum atomic E-state index is 14.2. The molecule has 0 aliphatic carbocycles. The fourth-order valence-electron chi connectivity index (χ4n) is 5.93. The van der Waals surface area contributed by atoms with E-state index >= 15 is 0 Å². The van der Waals surface area contributed by atoms with E-state index in [0.717, 1.165) is 11.1 Å². The highest BCUT2D eigenvalue weighted by Gasteiger charge is 2.32. The van der Waals surface area contributed by atoms with Gasteiger partial charge in [0.15, 0.2) is 0 Å². The van der Waals surface area contributed by atoms with Gasteiger partial charge in [-0.05, 0) is 76.8 Å². The van der Waals surface area contributed by atoms with Gasteiger partial charge in [0.2, 0.25) is 35.4 Å². The predicted octanol–water partition coefficient (Wildman–Crippen LogP) is 2.06. The maximum absolute atomic E-state index is 14.2. The minimum Gasteiger partial charge on any atom is -0.444 e. The number of nitrogens with two attached hydrogens (primary N) is 1. The van der Waals surface area contributed by atoms with Gasteiger partial charge in [-0.1, -0.05) is 60.7 Å². The molecule has 0 bridgehead atoms. The lowest BCUT2D eigenvalue weighted by atomic mass is 10.0. The van der Waals surface area contributed by atoms with Gasteiger partial charge in [0.05, 0.1) is 0 Å². The van der Waals surface area contributed by atoms with E-state index in [-0.39, 0.29) is 50.3 Å². The minimum atomic E-state index is -1.18. The number of primary amides is 1. The monoisotopic (exact) mass is 763 g/mol. The average Bonchev–Trinajstić information content (AvgIpc) is 3.12. The lowest BCUT2D eigenvalue weighted by Gasteiger charge is -2.27. The van der Waals surface area contributed by atoms with Crippen LogP contribution < -0.4 is 37.6 Å². The molecule has 15 heteroatoms. The van der Waals surface area contributed by atoms with Crippen molar-refractivity contribution in [1.29, 1.82) is 0 Å². The van der Waals surface area contributed by atoms with E-state index in [1.54, 1.807) is 69.3 Å². The first-order valence-electron chi connectivity index (χ1n) is 19.0. The second-order valence-electron chi connectivity index (χ2n) is 14.7.